The molecule has 3 rings (SSSR count). The molecule has 1 fully saturated rings. The Morgan fingerprint density at radius 3 is 2.97 bits per heavy atom. The molecule has 1 saturated heterocycles. The molecule has 0 aromatic carbocycles. The molecule has 1 aliphatic heterocycles. The fourth-order valence-corrected chi connectivity index (χ4v) is 3.49. The van der Waals surface area contributed by atoms with Crippen molar-refractivity contribution in [3.8, 4) is 5.75 Å². The molecule has 1 unspecified atom stereocenters. The van der Waals surface area contributed by atoms with Gasteiger partial charge in [-0.05, 0) is 43.7 Å². The van der Waals surface area contributed by atoms with E-state index in [2.05, 4.69) is 47.3 Å². The molecule has 2 aromatic rings. The van der Waals surface area contributed by atoms with Crippen LogP contribution in [0.5, 0.6) is 5.75 Å². The highest BCUT2D eigenvalue weighted by atomic mass is 16.5. The number of rotatable bonds is 6. The van der Waals surface area contributed by atoms with Crippen molar-refractivity contribution in [2.24, 2.45) is 5.41 Å². The number of aryl methyl sites for hydroxylation is 1. The van der Waals surface area contributed by atoms with E-state index < -0.39 is 0 Å². The van der Waals surface area contributed by atoms with Crippen molar-refractivity contribution >= 4 is 6.03 Å². The molecular weight excluding hydrogens is 366 g/mol. The Bertz CT molecular complexity index is 812. The molecule has 0 spiro atoms. The minimum Gasteiger partial charge on any atom is -0.492 e. The lowest BCUT2D eigenvalue weighted by Crippen LogP contribution is -2.44. The van der Waals surface area contributed by atoms with E-state index in [1.807, 2.05) is 17.9 Å². The fourth-order valence-electron chi connectivity index (χ4n) is 3.49. The number of H-pyrrole nitrogens is 1. The Balaban J connectivity index is 1.53. The Hall–Kier alpha value is -2.57. The highest BCUT2D eigenvalue weighted by molar-refractivity contribution is 5.74. The number of carbonyl (C=O) groups is 1. The van der Waals surface area contributed by atoms with Crippen LogP contribution in [0.3, 0.4) is 0 Å². The number of piperidine rings is 1. The van der Waals surface area contributed by atoms with Crippen LogP contribution >= 0.6 is 0 Å². The zero-order valence-corrected chi connectivity index (χ0v) is 18.0. The number of likely N-dealkylation sites (tertiary alicyclic amines) is 1. The Labute approximate surface area is 173 Å². The molecule has 158 valence electrons. The number of hydrogen-bond donors (Lipinski definition) is 2. The molecule has 7 heteroatoms. The van der Waals surface area contributed by atoms with E-state index in [9.17, 15) is 4.79 Å². The standard InChI is InChI=1S/C22H33N5O2/c1-16-12-19(26-25-16)18-6-5-10-27(15-18)21(28)24-13-17-7-9-23-14-20(17)29-11-8-22(2,3)4/h7,9,12,14,18H,5-6,8,10-11,13,15H2,1-4H3,(H,24,28)(H,25,26). The second kappa shape index (κ2) is 9.29. The zero-order valence-electron chi connectivity index (χ0n) is 18.0. The Morgan fingerprint density at radius 2 is 2.24 bits per heavy atom. The molecule has 1 aliphatic rings. The van der Waals surface area contributed by atoms with Crippen LogP contribution in [0.4, 0.5) is 4.79 Å². The van der Waals surface area contributed by atoms with E-state index in [-0.39, 0.29) is 17.4 Å². The van der Waals surface area contributed by atoms with Crippen LogP contribution in [0.2, 0.25) is 0 Å². The smallest absolute Gasteiger partial charge is 0.317 e. The van der Waals surface area contributed by atoms with Crippen LogP contribution in [0, 0.1) is 12.3 Å². The van der Waals surface area contributed by atoms with Gasteiger partial charge in [0.2, 0.25) is 0 Å². The maximum Gasteiger partial charge on any atom is 0.317 e. The summed E-state index contributed by atoms with van der Waals surface area (Å²) in [6, 6.07) is 3.93. The number of aromatic nitrogens is 3. The van der Waals surface area contributed by atoms with E-state index in [1.54, 1.807) is 12.4 Å². The van der Waals surface area contributed by atoms with Crippen LogP contribution in [0.1, 0.15) is 62.9 Å². The van der Waals surface area contributed by atoms with Gasteiger partial charge in [-0.25, -0.2) is 4.79 Å². The van der Waals surface area contributed by atoms with Crippen molar-refractivity contribution < 1.29 is 9.53 Å². The fraction of sp³-hybridized carbons (Fsp3) is 0.591. The molecular formula is C22H33N5O2. The number of amides is 2. The van der Waals surface area contributed by atoms with Crippen molar-refractivity contribution in [1.82, 2.24) is 25.4 Å². The molecule has 2 amide bonds. The molecule has 3 heterocycles. The normalized spacial score (nSPS) is 17.2. The molecule has 29 heavy (non-hydrogen) atoms. The van der Waals surface area contributed by atoms with E-state index in [4.69, 9.17) is 4.74 Å². The number of pyridine rings is 1. The number of nitrogens with one attached hydrogen (secondary N) is 2. The summed E-state index contributed by atoms with van der Waals surface area (Å²) in [7, 11) is 0. The summed E-state index contributed by atoms with van der Waals surface area (Å²) in [4.78, 5) is 18.8. The molecule has 0 radical (unpaired) electrons. The molecule has 0 aliphatic carbocycles. The molecule has 2 N–H and O–H groups in total. The summed E-state index contributed by atoms with van der Waals surface area (Å²) in [6.07, 6.45) is 6.45. The minimum absolute atomic E-state index is 0.0422. The molecule has 0 bridgehead atoms. The largest absolute Gasteiger partial charge is 0.492 e. The quantitative estimate of drug-likeness (QED) is 0.769. The van der Waals surface area contributed by atoms with Gasteiger partial charge in [0, 0.05) is 43.0 Å². The topological polar surface area (TPSA) is 83.1 Å². The number of carbonyl (C=O) groups excluding carboxylic acids is 1. The van der Waals surface area contributed by atoms with Crippen LogP contribution in [-0.4, -0.2) is 45.8 Å². The number of ether oxygens (including phenoxy) is 1. The van der Waals surface area contributed by atoms with Crippen molar-refractivity contribution in [1.29, 1.82) is 0 Å². The maximum atomic E-state index is 12.7. The lowest BCUT2D eigenvalue weighted by molar-refractivity contribution is 0.178. The van der Waals surface area contributed by atoms with Gasteiger partial charge in [0.15, 0.2) is 0 Å². The summed E-state index contributed by atoms with van der Waals surface area (Å²) in [5.74, 6) is 1.03. The van der Waals surface area contributed by atoms with E-state index in [0.717, 1.165) is 48.5 Å². The number of hydrogen-bond acceptors (Lipinski definition) is 4. The summed E-state index contributed by atoms with van der Waals surface area (Å²) in [5.41, 5.74) is 3.26. The molecule has 2 aromatic heterocycles. The van der Waals surface area contributed by atoms with Gasteiger partial charge in [-0.15, -0.1) is 0 Å². The lowest BCUT2D eigenvalue weighted by Gasteiger charge is -2.32. The van der Waals surface area contributed by atoms with Crippen LogP contribution in [0.25, 0.3) is 0 Å². The Morgan fingerprint density at radius 1 is 1.41 bits per heavy atom. The van der Waals surface area contributed by atoms with E-state index in [0.29, 0.717) is 19.7 Å². The first-order valence-corrected chi connectivity index (χ1v) is 10.4. The van der Waals surface area contributed by atoms with E-state index in [1.165, 1.54) is 0 Å². The summed E-state index contributed by atoms with van der Waals surface area (Å²) < 4.78 is 5.93. The average Bonchev–Trinajstić information content (AvgIpc) is 3.12. The zero-order chi connectivity index (χ0) is 20.9. The van der Waals surface area contributed by atoms with Crippen LogP contribution < -0.4 is 10.1 Å². The van der Waals surface area contributed by atoms with E-state index >= 15 is 0 Å². The monoisotopic (exact) mass is 399 g/mol. The van der Waals surface area contributed by atoms with Gasteiger partial charge >= 0.3 is 6.03 Å². The van der Waals surface area contributed by atoms with Gasteiger partial charge in [0.1, 0.15) is 5.75 Å². The minimum atomic E-state index is -0.0422. The first kappa shape index (κ1) is 21.1. The van der Waals surface area contributed by atoms with Gasteiger partial charge in [-0.2, -0.15) is 5.10 Å². The molecule has 0 saturated carbocycles. The average molecular weight is 400 g/mol. The predicted molar refractivity (Wildman–Crippen MR) is 113 cm³/mol. The third-order valence-corrected chi connectivity index (χ3v) is 5.26. The highest BCUT2D eigenvalue weighted by Gasteiger charge is 2.26. The predicted octanol–water partition coefficient (Wildman–Crippen LogP) is 4.02. The summed E-state index contributed by atoms with van der Waals surface area (Å²) >= 11 is 0. The second-order valence-electron chi connectivity index (χ2n) is 9.06. The van der Waals surface area contributed by atoms with Crippen molar-refractivity contribution in [3.05, 3.63) is 41.5 Å². The van der Waals surface area contributed by atoms with Gasteiger partial charge in [0.25, 0.3) is 0 Å². The SMILES string of the molecule is Cc1cc(C2CCCN(C(=O)NCc3ccncc3OCCC(C)(C)C)C2)n[nH]1. The van der Waals surface area contributed by atoms with Crippen molar-refractivity contribution in [3.63, 3.8) is 0 Å². The van der Waals surface area contributed by atoms with Gasteiger partial charge < -0.3 is 15.0 Å². The second-order valence-corrected chi connectivity index (χ2v) is 9.06. The van der Waals surface area contributed by atoms with Gasteiger partial charge in [0.05, 0.1) is 18.5 Å². The lowest BCUT2D eigenvalue weighted by atomic mass is 9.93. The van der Waals surface area contributed by atoms with Gasteiger partial charge in [-0.1, -0.05) is 20.8 Å². The number of nitrogens with zero attached hydrogens (tertiary/aromatic N) is 3. The summed E-state index contributed by atoms with van der Waals surface area (Å²) in [6.45, 7) is 11.1. The summed E-state index contributed by atoms with van der Waals surface area (Å²) in [5, 5.41) is 10.4. The highest BCUT2D eigenvalue weighted by Crippen LogP contribution is 2.26. The van der Waals surface area contributed by atoms with Crippen molar-refractivity contribution in [2.75, 3.05) is 19.7 Å². The molecule has 1 atom stereocenters. The maximum absolute atomic E-state index is 12.7. The number of aromatic amines is 1. The molecule has 7 nitrogen and oxygen atoms in total. The van der Waals surface area contributed by atoms with Crippen molar-refractivity contribution in [2.45, 2.75) is 59.4 Å². The van der Waals surface area contributed by atoms with Crippen LogP contribution in [-0.2, 0) is 6.54 Å². The third-order valence-electron chi connectivity index (χ3n) is 5.26. The Kier molecular flexibility index (Phi) is 6.77. The number of urea groups is 1. The van der Waals surface area contributed by atoms with Crippen LogP contribution in [0.15, 0.2) is 24.5 Å². The van der Waals surface area contributed by atoms with Gasteiger partial charge in [-0.3, -0.25) is 10.1 Å². The third kappa shape index (κ3) is 6.21. The first-order chi connectivity index (χ1) is 13.8. The first-order valence-electron chi connectivity index (χ1n) is 10.4.